The summed E-state index contributed by atoms with van der Waals surface area (Å²) in [5.74, 6) is 0. The molecule has 3 aromatic rings. The number of halogens is 2. The topological polar surface area (TPSA) is 12.9 Å². The molecule has 0 radical (unpaired) electrons. The van der Waals surface area contributed by atoms with Gasteiger partial charge in [-0.05, 0) is 29.3 Å². The minimum absolute atomic E-state index is 0.417. The van der Waals surface area contributed by atoms with E-state index in [1.807, 2.05) is 36.4 Å². The Balaban J connectivity index is 2.23. The van der Waals surface area contributed by atoms with Crippen LogP contribution in [0.4, 0.5) is 0 Å². The van der Waals surface area contributed by atoms with Crippen molar-refractivity contribution in [3.63, 3.8) is 0 Å². The van der Waals surface area contributed by atoms with Crippen molar-refractivity contribution in [3.05, 3.63) is 64.8 Å². The van der Waals surface area contributed by atoms with E-state index in [0.29, 0.717) is 10.2 Å². The molecular formula is C15H9Cl2N. The lowest BCUT2D eigenvalue weighted by Crippen LogP contribution is -1.83. The first-order chi connectivity index (χ1) is 8.74. The Labute approximate surface area is 115 Å². The minimum Gasteiger partial charge on any atom is -0.236 e. The van der Waals surface area contributed by atoms with Gasteiger partial charge in [-0.1, -0.05) is 59.6 Å². The summed E-state index contributed by atoms with van der Waals surface area (Å²) in [6, 6.07) is 17.8. The summed E-state index contributed by atoms with van der Waals surface area (Å²) in [6.45, 7) is 0. The second-order valence-electron chi connectivity index (χ2n) is 4.02. The van der Waals surface area contributed by atoms with E-state index in [0.717, 1.165) is 22.0 Å². The quantitative estimate of drug-likeness (QED) is 0.555. The molecule has 0 N–H and O–H groups in total. The van der Waals surface area contributed by atoms with Crippen molar-refractivity contribution < 1.29 is 0 Å². The van der Waals surface area contributed by atoms with Crippen molar-refractivity contribution in [2.75, 3.05) is 0 Å². The van der Waals surface area contributed by atoms with Gasteiger partial charge in [-0.3, -0.25) is 0 Å². The zero-order valence-electron chi connectivity index (χ0n) is 9.40. The van der Waals surface area contributed by atoms with Crippen LogP contribution in [0, 0.1) is 0 Å². The molecule has 0 unspecified atom stereocenters. The number of aromatic nitrogens is 1. The maximum atomic E-state index is 6.20. The monoisotopic (exact) mass is 273 g/mol. The Bertz CT molecular complexity index is 708. The van der Waals surface area contributed by atoms with E-state index in [1.54, 1.807) is 6.07 Å². The molecule has 0 aliphatic heterocycles. The summed E-state index contributed by atoms with van der Waals surface area (Å²) in [7, 11) is 0. The van der Waals surface area contributed by atoms with E-state index in [4.69, 9.17) is 23.2 Å². The van der Waals surface area contributed by atoms with Crippen LogP contribution >= 0.6 is 23.2 Å². The highest BCUT2D eigenvalue weighted by molar-refractivity contribution is 6.37. The molecule has 0 saturated heterocycles. The van der Waals surface area contributed by atoms with Gasteiger partial charge in [-0.2, -0.15) is 0 Å². The van der Waals surface area contributed by atoms with Gasteiger partial charge in [0, 0.05) is 5.39 Å². The third kappa shape index (κ3) is 2.07. The van der Waals surface area contributed by atoms with Crippen LogP contribution in [-0.2, 0) is 0 Å². The first-order valence-corrected chi connectivity index (χ1v) is 6.31. The average Bonchev–Trinajstić information content (AvgIpc) is 2.39. The van der Waals surface area contributed by atoms with Crippen molar-refractivity contribution >= 4 is 34.1 Å². The molecule has 3 heteroatoms. The third-order valence-electron chi connectivity index (χ3n) is 2.83. The van der Waals surface area contributed by atoms with Crippen LogP contribution in [0.2, 0.25) is 10.2 Å². The van der Waals surface area contributed by atoms with Crippen LogP contribution in [0.5, 0.6) is 0 Å². The van der Waals surface area contributed by atoms with Crippen molar-refractivity contribution in [1.82, 2.24) is 4.98 Å². The molecule has 2 aromatic carbocycles. The molecule has 0 spiro atoms. The summed E-state index contributed by atoms with van der Waals surface area (Å²) in [5.41, 5.74) is 3.09. The van der Waals surface area contributed by atoms with Gasteiger partial charge in [-0.15, -0.1) is 0 Å². The lowest BCUT2D eigenvalue weighted by Gasteiger charge is -2.05. The van der Waals surface area contributed by atoms with Crippen LogP contribution in [0.25, 0.3) is 22.0 Å². The number of hydrogen-bond acceptors (Lipinski definition) is 1. The van der Waals surface area contributed by atoms with E-state index in [-0.39, 0.29) is 0 Å². The molecule has 1 nitrogen and oxygen atoms in total. The van der Waals surface area contributed by atoms with Crippen LogP contribution in [-0.4, -0.2) is 4.98 Å². The number of pyridine rings is 1. The highest BCUT2D eigenvalue weighted by Gasteiger charge is 2.05. The van der Waals surface area contributed by atoms with E-state index in [1.165, 1.54) is 0 Å². The standard InChI is InChI=1S/C15H9Cl2N/c16-13-9-15(17)18-14-7-6-11(8-12(13)14)10-4-2-1-3-5-10/h1-9H. The van der Waals surface area contributed by atoms with Crippen molar-refractivity contribution in [2.24, 2.45) is 0 Å². The molecule has 0 amide bonds. The molecule has 1 heterocycles. The van der Waals surface area contributed by atoms with Gasteiger partial charge in [0.1, 0.15) is 5.15 Å². The fourth-order valence-electron chi connectivity index (χ4n) is 1.96. The Kier molecular flexibility index (Phi) is 2.94. The van der Waals surface area contributed by atoms with Gasteiger partial charge in [0.25, 0.3) is 0 Å². The molecular weight excluding hydrogens is 265 g/mol. The largest absolute Gasteiger partial charge is 0.236 e. The van der Waals surface area contributed by atoms with Gasteiger partial charge in [0.05, 0.1) is 10.5 Å². The van der Waals surface area contributed by atoms with Crippen molar-refractivity contribution in [1.29, 1.82) is 0 Å². The summed E-state index contributed by atoms with van der Waals surface area (Å²) in [5, 5.41) is 1.96. The lowest BCUT2D eigenvalue weighted by atomic mass is 10.0. The van der Waals surface area contributed by atoms with E-state index in [9.17, 15) is 0 Å². The highest BCUT2D eigenvalue weighted by Crippen LogP contribution is 2.29. The lowest BCUT2D eigenvalue weighted by molar-refractivity contribution is 1.41. The van der Waals surface area contributed by atoms with Crippen LogP contribution in [0.15, 0.2) is 54.6 Å². The smallest absolute Gasteiger partial charge is 0.131 e. The van der Waals surface area contributed by atoms with Gasteiger partial charge < -0.3 is 0 Å². The number of benzene rings is 2. The zero-order chi connectivity index (χ0) is 12.5. The second kappa shape index (κ2) is 4.60. The molecule has 3 rings (SSSR count). The Hall–Kier alpha value is -1.57. The van der Waals surface area contributed by atoms with Crippen molar-refractivity contribution in [3.8, 4) is 11.1 Å². The summed E-state index contributed by atoms with van der Waals surface area (Å²) in [6.07, 6.45) is 0. The molecule has 1 aromatic heterocycles. The van der Waals surface area contributed by atoms with Gasteiger partial charge >= 0.3 is 0 Å². The zero-order valence-corrected chi connectivity index (χ0v) is 10.9. The van der Waals surface area contributed by atoms with Crippen LogP contribution in [0.1, 0.15) is 0 Å². The molecule has 0 bridgehead atoms. The number of nitrogens with zero attached hydrogens (tertiary/aromatic N) is 1. The molecule has 88 valence electrons. The van der Waals surface area contributed by atoms with Gasteiger partial charge in [-0.25, -0.2) is 4.98 Å². The van der Waals surface area contributed by atoms with E-state index in [2.05, 4.69) is 17.1 Å². The third-order valence-corrected chi connectivity index (χ3v) is 3.34. The first-order valence-electron chi connectivity index (χ1n) is 5.55. The molecule has 18 heavy (non-hydrogen) atoms. The van der Waals surface area contributed by atoms with Crippen LogP contribution in [0.3, 0.4) is 0 Å². The fourth-order valence-corrected chi connectivity index (χ4v) is 2.48. The predicted molar refractivity (Wildman–Crippen MR) is 77.2 cm³/mol. The average molecular weight is 274 g/mol. The Morgan fingerprint density at radius 2 is 1.56 bits per heavy atom. The Morgan fingerprint density at radius 3 is 2.33 bits per heavy atom. The minimum atomic E-state index is 0.417. The Morgan fingerprint density at radius 1 is 0.778 bits per heavy atom. The highest BCUT2D eigenvalue weighted by atomic mass is 35.5. The molecule has 0 aliphatic rings. The fraction of sp³-hybridized carbons (Fsp3) is 0. The first kappa shape index (κ1) is 11.5. The van der Waals surface area contributed by atoms with Crippen LogP contribution < -0.4 is 0 Å². The molecule has 0 aliphatic carbocycles. The summed E-state index contributed by atoms with van der Waals surface area (Å²) < 4.78 is 0. The van der Waals surface area contributed by atoms with E-state index >= 15 is 0 Å². The SMILES string of the molecule is Clc1cc(Cl)c2cc(-c3ccccc3)ccc2n1. The summed E-state index contributed by atoms with van der Waals surface area (Å²) >= 11 is 12.1. The normalized spacial score (nSPS) is 10.8. The van der Waals surface area contributed by atoms with Gasteiger partial charge in [0.15, 0.2) is 0 Å². The molecule has 0 saturated carbocycles. The summed E-state index contributed by atoms with van der Waals surface area (Å²) in [4.78, 5) is 4.25. The maximum absolute atomic E-state index is 6.20. The second-order valence-corrected chi connectivity index (χ2v) is 4.82. The number of hydrogen-bond donors (Lipinski definition) is 0. The molecule has 0 atom stereocenters. The number of fused-ring (bicyclic) bond motifs is 1. The van der Waals surface area contributed by atoms with E-state index < -0.39 is 0 Å². The maximum Gasteiger partial charge on any atom is 0.131 e. The number of rotatable bonds is 1. The predicted octanol–water partition coefficient (Wildman–Crippen LogP) is 5.21. The van der Waals surface area contributed by atoms with Gasteiger partial charge in [0.2, 0.25) is 0 Å². The molecule has 0 fully saturated rings. The van der Waals surface area contributed by atoms with Crippen molar-refractivity contribution in [2.45, 2.75) is 0 Å².